The summed E-state index contributed by atoms with van der Waals surface area (Å²) >= 11 is 0. The fourth-order valence-electron chi connectivity index (χ4n) is 1.76. The third-order valence-corrected chi connectivity index (χ3v) is 2.91. The lowest BCUT2D eigenvalue weighted by Crippen LogP contribution is -2.64. The zero-order valence-corrected chi connectivity index (χ0v) is 9.95. The molecule has 0 aromatic carbocycles. The molecule has 1 aromatic heterocycles. The van der Waals surface area contributed by atoms with Gasteiger partial charge in [-0.05, 0) is 20.8 Å². The second kappa shape index (κ2) is 3.90. The molecule has 0 bridgehead atoms. The summed E-state index contributed by atoms with van der Waals surface area (Å²) in [5.41, 5.74) is 0.712. The average Bonchev–Trinajstić information content (AvgIpc) is 2.60. The average molecular weight is 222 g/mol. The zero-order chi connectivity index (χ0) is 11.8. The van der Waals surface area contributed by atoms with Gasteiger partial charge in [-0.25, -0.2) is 4.98 Å². The first-order valence-corrected chi connectivity index (χ1v) is 5.51. The van der Waals surface area contributed by atoms with Crippen molar-refractivity contribution < 1.29 is 4.79 Å². The van der Waals surface area contributed by atoms with Gasteiger partial charge in [0, 0.05) is 18.6 Å². The summed E-state index contributed by atoms with van der Waals surface area (Å²) in [5.74, 6) is -0.0731. The third kappa shape index (κ3) is 2.24. The Kier molecular flexibility index (Phi) is 2.71. The van der Waals surface area contributed by atoms with Crippen LogP contribution in [0, 0.1) is 0 Å². The summed E-state index contributed by atoms with van der Waals surface area (Å²) < 4.78 is 0. The van der Waals surface area contributed by atoms with E-state index >= 15 is 0 Å². The molecule has 1 amide bonds. The first-order chi connectivity index (χ1) is 7.47. The maximum atomic E-state index is 11.7. The maximum absolute atomic E-state index is 11.7. The quantitative estimate of drug-likeness (QED) is 0.771. The van der Waals surface area contributed by atoms with Crippen LogP contribution >= 0.6 is 0 Å². The monoisotopic (exact) mass is 222 g/mol. The third-order valence-electron chi connectivity index (χ3n) is 2.91. The molecule has 16 heavy (non-hydrogen) atoms. The van der Waals surface area contributed by atoms with E-state index in [1.165, 1.54) is 12.5 Å². The van der Waals surface area contributed by atoms with Gasteiger partial charge < -0.3 is 10.3 Å². The van der Waals surface area contributed by atoms with Gasteiger partial charge in [-0.15, -0.1) is 0 Å². The van der Waals surface area contributed by atoms with Crippen molar-refractivity contribution in [3.63, 3.8) is 0 Å². The van der Waals surface area contributed by atoms with Crippen LogP contribution in [0.5, 0.6) is 0 Å². The molecule has 1 aliphatic heterocycles. The topological polar surface area (TPSA) is 61.0 Å². The maximum Gasteiger partial charge on any atom is 0.269 e. The summed E-state index contributed by atoms with van der Waals surface area (Å²) in [6, 6.07) is 0.259. The number of carbonyl (C=O) groups excluding carboxylic acids is 1. The highest BCUT2D eigenvalue weighted by Gasteiger charge is 2.35. The molecule has 0 spiro atoms. The van der Waals surface area contributed by atoms with Gasteiger partial charge in [0.25, 0.3) is 5.91 Å². The van der Waals surface area contributed by atoms with E-state index in [0.29, 0.717) is 5.69 Å². The molecule has 5 nitrogen and oxygen atoms in total. The van der Waals surface area contributed by atoms with E-state index < -0.39 is 0 Å². The number of nitrogens with zero attached hydrogens (tertiary/aromatic N) is 2. The highest BCUT2D eigenvalue weighted by atomic mass is 16.2. The molecule has 5 heteroatoms. The molecule has 2 heterocycles. The molecule has 1 saturated heterocycles. The molecule has 2 rings (SSSR count). The summed E-state index contributed by atoms with van der Waals surface area (Å²) in [4.78, 5) is 20.6. The molecule has 88 valence electrons. The molecule has 2 N–H and O–H groups in total. The van der Waals surface area contributed by atoms with E-state index in [1.54, 1.807) is 0 Å². The Hall–Kier alpha value is -1.36. The number of nitrogens with one attached hydrogen (secondary N) is 2. The van der Waals surface area contributed by atoms with Crippen molar-refractivity contribution in [3.8, 4) is 0 Å². The lowest BCUT2D eigenvalue weighted by atomic mass is 9.97. The van der Waals surface area contributed by atoms with Crippen LogP contribution in [0.15, 0.2) is 12.5 Å². The van der Waals surface area contributed by atoms with Gasteiger partial charge in [0.15, 0.2) is 0 Å². The summed E-state index contributed by atoms with van der Waals surface area (Å²) in [7, 11) is 0. The van der Waals surface area contributed by atoms with E-state index in [0.717, 1.165) is 13.1 Å². The van der Waals surface area contributed by atoms with Crippen molar-refractivity contribution >= 4 is 5.91 Å². The fraction of sp³-hybridized carbons (Fsp3) is 0.636. The van der Waals surface area contributed by atoms with Crippen LogP contribution in [0.2, 0.25) is 0 Å². The number of amides is 1. The largest absolute Gasteiger partial charge is 0.345 e. The number of likely N-dealkylation sites (tertiary alicyclic amines) is 1. The second-order valence-electron chi connectivity index (χ2n) is 5.21. The van der Waals surface area contributed by atoms with E-state index in [9.17, 15) is 4.79 Å². The number of carbonyl (C=O) groups is 1. The molecule has 0 aliphatic carbocycles. The molecule has 0 saturated carbocycles. The van der Waals surface area contributed by atoms with Gasteiger partial charge in [-0.1, -0.05) is 0 Å². The minimum absolute atomic E-state index is 0.0731. The van der Waals surface area contributed by atoms with E-state index in [4.69, 9.17) is 0 Å². The van der Waals surface area contributed by atoms with Crippen LogP contribution in [-0.2, 0) is 0 Å². The highest BCUT2D eigenvalue weighted by molar-refractivity contribution is 5.92. The molecule has 1 aromatic rings. The predicted molar refractivity (Wildman–Crippen MR) is 61.2 cm³/mol. The first-order valence-electron chi connectivity index (χ1n) is 5.51. The summed E-state index contributed by atoms with van der Waals surface area (Å²) in [6.45, 7) is 8.38. The Morgan fingerprint density at radius 3 is 2.75 bits per heavy atom. The zero-order valence-electron chi connectivity index (χ0n) is 9.95. The van der Waals surface area contributed by atoms with Gasteiger partial charge >= 0.3 is 0 Å². The van der Waals surface area contributed by atoms with Crippen molar-refractivity contribution in [1.82, 2.24) is 20.2 Å². The van der Waals surface area contributed by atoms with Crippen LogP contribution in [0.3, 0.4) is 0 Å². The lowest BCUT2D eigenvalue weighted by Gasteiger charge is -2.47. The van der Waals surface area contributed by atoms with Crippen LogP contribution in [0.25, 0.3) is 0 Å². The normalized spacial score (nSPS) is 18.2. The number of hydrogen-bond donors (Lipinski definition) is 2. The molecule has 0 unspecified atom stereocenters. The van der Waals surface area contributed by atoms with Crippen molar-refractivity contribution in [2.24, 2.45) is 0 Å². The van der Waals surface area contributed by atoms with E-state index in [2.05, 4.69) is 41.0 Å². The number of aromatic nitrogens is 2. The van der Waals surface area contributed by atoms with Crippen LogP contribution < -0.4 is 5.32 Å². The highest BCUT2D eigenvalue weighted by Crippen LogP contribution is 2.20. The Bertz CT molecular complexity index is 360. The molecule has 1 fully saturated rings. The standard InChI is InChI=1S/C11H18N4O/c1-11(2,3)15-5-8(6-15)14-10(16)9-4-12-7-13-9/h4,7-8H,5-6H2,1-3H3,(H,12,13)(H,14,16). The molecular weight excluding hydrogens is 204 g/mol. The van der Waals surface area contributed by atoms with Gasteiger partial charge in [-0.2, -0.15) is 0 Å². The molecule has 0 radical (unpaired) electrons. The van der Waals surface area contributed by atoms with Crippen molar-refractivity contribution in [3.05, 3.63) is 18.2 Å². The Morgan fingerprint density at radius 1 is 1.56 bits per heavy atom. The summed E-state index contributed by atoms with van der Waals surface area (Å²) in [5, 5.41) is 2.97. The second-order valence-corrected chi connectivity index (χ2v) is 5.21. The van der Waals surface area contributed by atoms with Crippen LogP contribution in [0.4, 0.5) is 0 Å². The number of rotatable bonds is 2. The number of imidazole rings is 1. The van der Waals surface area contributed by atoms with Crippen molar-refractivity contribution in [1.29, 1.82) is 0 Å². The van der Waals surface area contributed by atoms with E-state index in [1.807, 2.05) is 0 Å². The smallest absolute Gasteiger partial charge is 0.269 e. The number of hydrogen-bond acceptors (Lipinski definition) is 3. The van der Waals surface area contributed by atoms with E-state index in [-0.39, 0.29) is 17.5 Å². The summed E-state index contributed by atoms with van der Waals surface area (Å²) in [6.07, 6.45) is 3.05. The fourth-order valence-corrected chi connectivity index (χ4v) is 1.76. The van der Waals surface area contributed by atoms with Crippen LogP contribution in [0.1, 0.15) is 31.3 Å². The molecular formula is C11H18N4O. The van der Waals surface area contributed by atoms with Crippen LogP contribution in [-0.4, -0.2) is 45.4 Å². The van der Waals surface area contributed by atoms with Gasteiger partial charge in [0.05, 0.1) is 18.6 Å². The first kappa shape index (κ1) is 11.1. The Morgan fingerprint density at radius 2 is 2.25 bits per heavy atom. The molecule has 1 aliphatic rings. The lowest BCUT2D eigenvalue weighted by molar-refractivity contribution is 0.0330. The minimum Gasteiger partial charge on any atom is -0.345 e. The number of H-pyrrole nitrogens is 1. The van der Waals surface area contributed by atoms with Gasteiger partial charge in [0.2, 0.25) is 0 Å². The SMILES string of the molecule is CC(C)(C)N1CC(NC(=O)c2cnc[nH]2)C1. The Labute approximate surface area is 95.2 Å². The van der Waals surface area contributed by atoms with Gasteiger partial charge in [0.1, 0.15) is 5.69 Å². The van der Waals surface area contributed by atoms with Gasteiger partial charge in [-0.3, -0.25) is 9.69 Å². The Balaban J connectivity index is 1.80. The minimum atomic E-state index is -0.0731. The van der Waals surface area contributed by atoms with Crippen molar-refractivity contribution in [2.75, 3.05) is 13.1 Å². The number of aromatic amines is 1. The molecule has 0 atom stereocenters. The predicted octanol–water partition coefficient (Wildman–Crippen LogP) is 0.622. The van der Waals surface area contributed by atoms with Crippen molar-refractivity contribution in [2.45, 2.75) is 32.4 Å².